The molecule has 0 saturated carbocycles. The summed E-state index contributed by atoms with van der Waals surface area (Å²) in [6.45, 7) is 5.02. The Bertz CT molecular complexity index is 1040. The van der Waals surface area contributed by atoms with Crippen molar-refractivity contribution in [1.82, 2.24) is 15.6 Å². The highest BCUT2D eigenvalue weighted by atomic mass is 127. The number of aliphatic imine (C=N–C) groups is 1. The number of piperazine rings is 1. The molecule has 1 fully saturated rings. The Morgan fingerprint density at radius 1 is 0.912 bits per heavy atom. The van der Waals surface area contributed by atoms with Gasteiger partial charge in [-0.3, -0.25) is 4.99 Å². The first-order valence-electron chi connectivity index (χ1n) is 11.4. The number of guanidine groups is 1. The Morgan fingerprint density at radius 2 is 1.62 bits per heavy atom. The van der Waals surface area contributed by atoms with Crippen LogP contribution < -0.4 is 20.4 Å². The van der Waals surface area contributed by atoms with Crippen LogP contribution in [0.5, 0.6) is 0 Å². The summed E-state index contributed by atoms with van der Waals surface area (Å²) in [7, 11) is 1.79. The molecule has 2 aromatic carbocycles. The quantitative estimate of drug-likeness (QED) is 0.253. The van der Waals surface area contributed by atoms with Gasteiger partial charge in [-0.05, 0) is 53.9 Å². The van der Waals surface area contributed by atoms with E-state index in [0.29, 0.717) is 6.54 Å². The van der Waals surface area contributed by atoms with Crippen molar-refractivity contribution in [2.24, 2.45) is 4.99 Å². The van der Waals surface area contributed by atoms with Gasteiger partial charge in [0.1, 0.15) is 11.6 Å². The molecule has 34 heavy (non-hydrogen) atoms. The summed E-state index contributed by atoms with van der Waals surface area (Å²) < 4.78 is 13.2. The number of aromatic nitrogens is 1. The predicted molar refractivity (Wildman–Crippen MR) is 149 cm³/mol. The van der Waals surface area contributed by atoms with Gasteiger partial charge in [-0.25, -0.2) is 9.37 Å². The molecule has 3 aromatic rings. The first kappa shape index (κ1) is 25.7. The molecule has 2 N–H and O–H groups in total. The van der Waals surface area contributed by atoms with Crippen LogP contribution in [-0.2, 0) is 13.0 Å². The highest BCUT2D eigenvalue weighted by Gasteiger charge is 2.18. The van der Waals surface area contributed by atoms with E-state index >= 15 is 0 Å². The Labute approximate surface area is 218 Å². The molecule has 6 nitrogen and oxygen atoms in total. The molecule has 0 amide bonds. The van der Waals surface area contributed by atoms with E-state index in [2.05, 4.69) is 60.7 Å². The summed E-state index contributed by atoms with van der Waals surface area (Å²) in [4.78, 5) is 13.5. The maximum absolute atomic E-state index is 13.2. The van der Waals surface area contributed by atoms with E-state index in [0.717, 1.165) is 62.2 Å². The molecule has 1 aromatic heterocycles. The summed E-state index contributed by atoms with van der Waals surface area (Å²) in [6.07, 6.45) is 2.81. The number of nitrogens with one attached hydrogen (secondary N) is 2. The average molecular weight is 574 g/mol. The molecular formula is C26H32FIN6. The van der Waals surface area contributed by atoms with Crippen LogP contribution >= 0.6 is 24.0 Å². The highest BCUT2D eigenvalue weighted by molar-refractivity contribution is 14.0. The smallest absolute Gasteiger partial charge is 0.191 e. The van der Waals surface area contributed by atoms with E-state index in [1.807, 2.05) is 30.5 Å². The summed E-state index contributed by atoms with van der Waals surface area (Å²) in [5.74, 6) is 1.58. The van der Waals surface area contributed by atoms with Gasteiger partial charge >= 0.3 is 0 Å². The van der Waals surface area contributed by atoms with Crippen LogP contribution in [0.4, 0.5) is 15.9 Å². The maximum atomic E-state index is 13.2. The zero-order valence-corrected chi connectivity index (χ0v) is 21.8. The molecule has 180 valence electrons. The van der Waals surface area contributed by atoms with Gasteiger partial charge in [0.25, 0.3) is 0 Å². The molecule has 0 atom stereocenters. The topological polar surface area (TPSA) is 55.8 Å². The van der Waals surface area contributed by atoms with Gasteiger partial charge in [0, 0.05) is 58.2 Å². The fraction of sp³-hybridized carbons (Fsp3) is 0.308. The normalized spacial score (nSPS) is 13.9. The standard InChI is InChI=1S/C26H31FN6.HI/c1-28-26(30-14-11-21-5-3-2-4-6-21)31-20-22-12-13-29-25(19-22)33-17-15-32(16-18-33)24-9-7-23(27)8-10-24;/h2-10,12-13,19H,11,14-18,20H2,1H3,(H2,28,30,31);1H. The number of anilines is 2. The van der Waals surface area contributed by atoms with E-state index < -0.39 is 0 Å². The molecule has 1 aliphatic heterocycles. The van der Waals surface area contributed by atoms with Gasteiger partial charge in [0.05, 0.1) is 0 Å². The lowest BCUT2D eigenvalue weighted by Gasteiger charge is -2.36. The molecule has 0 bridgehead atoms. The number of halogens is 2. The van der Waals surface area contributed by atoms with Crippen molar-refractivity contribution in [3.8, 4) is 0 Å². The second-order valence-corrected chi connectivity index (χ2v) is 8.06. The second-order valence-electron chi connectivity index (χ2n) is 8.06. The van der Waals surface area contributed by atoms with Crippen molar-refractivity contribution in [3.63, 3.8) is 0 Å². The number of pyridine rings is 1. The third-order valence-corrected chi connectivity index (χ3v) is 5.84. The zero-order valence-electron chi connectivity index (χ0n) is 19.5. The van der Waals surface area contributed by atoms with Gasteiger partial charge in [-0.1, -0.05) is 30.3 Å². The Balaban J connectivity index is 0.00000324. The largest absolute Gasteiger partial charge is 0.368 e. The maximum Gasteiger partial charge on any atom is 0.191 e. The fourth-order valence-electron chi connectivity index (χ4n) is 3.97. The third-order valence-electron chi connectivity index (χ3n) is 5.84. The van der Waals surface area contributed by atoms with Crippen LogP contribution in [0.2, 0.25) is 0 Å². The van der Waals surface area contributed by atoms with E-state index in [-0.39, 0.29) is 29.8 Å². The Hall–Kier alpha value is -2.88. The van der Waals surface area contributed by atoms with Crippen molar-refractivity contribution in [3.05, 3.63) is 89.9 Å². The van der Waals surface area contributed by atoms with Crippen molar-refractivity contribution in [2.75, 3.05) is 49.6 Å². The second kappa shape index (κ2) is 13.1. The average Bonchev–Trinajstić information content (AvgIpc) is 2.87. The van der Waals surface area contributed by atoms with Crippen LogP contribution in [0.25, 0.3) is 0 Å². The number of hydrogen-bond donors (Lipinski definition) is 2. The molecular weight excluding hydrogens is 542 g/mol. The van der Waals surface area contributed by atoms with E-state index in [1.54, 1.807) is 7.05 Å². The van der Waals surface area contributed by atoms with Crippen LogP contribution in [0.1, 0.15) is 11.1 Å². The molecule has 1 aliphatic rings. The van der Waals surface area contributed by atoms with E-state index in [9.17, 15) is 4.39 Å². The first-order valence-corrected chi connectivity index (χ1v) is 11.4. The first-order chi connectivity index (χ1) is 16.2. The van der Waals surface area contributed by atoms with Gasteiger partial charge in [-0.2, -0.15) is 0 Å². The number of rotatable bonds is 7. The van der Waals surface area contributed by atoms with Crippen molar-refractivity contribution in [1.29, 1.82) is 0 Å². The van der Waals surface area contributed by atoms with Crippen LogP contribution in [-0.4, -0.2) is 50.7 Å². The summed E-state index contributed by atoms with van der Waals surface area (Å²) >= 11 is 0. The van der Waals surface area contributed by atoms with E-state index in [1.165, 1.54) is 17.7 Å². The minimum absolute atomic E-state index is 0. The molecule has 8 heteroatoms. The van der Waals surface area contributed by atoms with E-state index in [4.69, 9.17) is 0 Å². The minimum Gasteiger partial charge on any atom is -0.368 e. The van der Waals surface area contributed by atoms with Gasteiger partial charge in [0.2, 0.25) is 0 Å². The Morgan fingerprint density at radius 3 is 2.32 bits per heavy atom. The molecule has 0 radical (unpaired) electrons. The molecule has 1 saturated heterocycles. The number of hydrogen-bond acceptors (Lipinski definition) is 4. The van der Waals surface area contributed by atoms with Gasteiger partial charge in [0.15, 0.2) is 5.96 Å². The van der Waals surface area contributed by atoms with Crippen LogP contribution in [0, 0.1) is 5.82 Å². The zero-order chi connectivity index (χ0) is 22.9. The van der Waals surface area contributed by atoms with Crippen LogP contribution in [0.15, 0.2) is 77.9 Å². The van der Waals surface area contributed by atoms with Gasteiger partial charge < -0.3 is 20.4 Å². The van der Waals surface area contributed by atoms with Crippen LogP contribution in [0.3, 0.4) is 0 Å². The SMILES string of the molecule is CN=C(NCCc1ccccc1)NCc1ccnc(N2CCN(c3ccc(F)cc3)CC2)c1.I. The van der Waals surface area contributed by atoms with Gasteiger partial charge in [-0.15, -0.1) is 24.0 Å². The lowest BCUT2D eigenvalue weighted by Crippen LogP contribution is -2.46. The van der Waals surface area contributed by atoms with Crippen molar-refractivity contribution < 1.29 is 4.39 Å². The predicted octanol–water partition coefficient (Wildman–Crippen LogP) is 4.07. The molecule has 0 unspecified atom stereocenters. The third kappa shape index (κ3) is 7.31. The molecule has 0 spiro atoms. The van der Waals surface area contributed by atoms with Crippen molar-refractivity contribution in [2.45, 2.75) is 13.0 Å². The number of nitrogens with zero attached hydrogens (tertiary/aromatic N) is 4. The number of benzene rings is 2. The summed E-state index contributed by atoms with van der Waals surface area (Å²) in [5.41, 5.74) is 3.53. The fourth-order valence-corrected chi connectivity index (χ4v) is 3.97. The summed E-state index contributed by atoms with van der Waals surface area (Å²) in [5, 5.41) is 6.76. The Kier molecular flexibility index (Phi) is 9.93. The minimum atomic E-state index is -0.199. The lowest BCUT2D eigenvalue weighted by molar-refractivity contribution is 0.624. The monoisotopic (exact) mass is 574 g/mol. The lowest BCUT2D eigenvalue weighted by atomic mass is 10.1. The molecule has 0 aliphatic carbocycles. The summed E-state index contributed by atoms with van der Waals surface area (Å²) in [6, 6.07) is 21.3. The van der Waals surface area contributed by atoms with Crippen molar-refractivity contribution >= 4 is 41.4 Å². The molecule has 2 heterocycles. The molecule has 4 rings (SSSR count). The highest BCUT2D eigenvalue weighted by Crippen LogP contribution is 2.20.